The molecule has 0 saturated carbocycles. The standard InChI is InChI=1S/C20H25FN2O/c1-4-23(13-17-9-7-11-19(21)12-17)20(24)15-22(3)14-18-10-6-5-8-16(18)2/h5-12H,4,13-15H2,1-3H3. The SMILES string of the molecule is CCN(Cc1cccc(F)c1)C(=O)CN(C)Cc1ccccc1C. The van der Waals surface area contributed by atoms with Crippen molar-refractivity contribution < 1.29 is 9.18 Å². The van der Waals surface area contributed by atoms with Crippen molar-refractivity contribution in [2.45, 2.75) is 26.9 Å². The van der Waals surface area contributed by atoms with Crippen LogP contribution in [-0.4, -0.2) is 35.8 Å². The minimum Gasteiger partial charge on any atom is -0.338 e. The van der Waals surface area contributed by atoms with Gasteiger partial charge in [-0.2, -0.15) is 0 Å². The Kier molecular flexibility index (Phi) is 6.50. The first-order valence-electron chi connectivity index (χ1n) is 8.25. The van der Waals surface area contributed by atoms with Gasteiger partial charge in [-0.3, -0.25) is 9.69 Å². The summed E-state index contributed by atoms with van der Waals surface area (Å²) >= 11 is 0. The Hall–Kier alpha value is -2.20. The summed E-state index contributed by atoms with van der Waals surface area (Å²) in [5, 5.41) is 0. The van der Waals surface area contributed by atoms with Gasteiger partial charge in [0.15, 0.2) is 0 Å². The molecule has 3 nitrogen and oxygen atoms in total. The zero-order chi connectivity index (χ0) is 17.5. The zero-order valence-corrected chi connectivity index (χ0v) is 14.6. The van der Waals surface area contributed by atoms with Crippen LogP contribution in [0.2, 0.25) is 0 Å². The highest BCUT2D eigenvalue weighted by atomic mass is 19.1. The lowest BCUT2D eigenvalue weighted by atomic mass is 10.1. The summed E-state index contributed by atoms with van der Waals surface area (Å²) in [5.74, 6) is -0.217. The van der Waals surface area contributed by atoms with Gasteiger partial charge < -0.3 is 4.90 Å². The molecule has 0 aliphatic carbocycles. The van der Waals surface area contributed by atoms with Crippen molar-refractivity contribution in [3.8, 4) is 0 Å². The third-order valence-electron chi connectivity index (χ3n) is 4.10. The van der Waals surface area contributed by atoms with E-state index in [0.29, 0.717) is 19.6 Å². The lowest BCUT2D eigenvalue weighted by molar-refractivity contribution is -0.132. The van der Waals surface area contributed by atoms with Crippen LogP contribution in [0.1, 0.15) is 23.6 Å². The van der Waals surface area contributed by atoms with Gasteiger partial charge in [-0.1, -0.05) is 36.4 Å². The van der Waals surface area contributed by atoms with Crippen LogP contribution in [0.4, 0.5) is 4.39 Å². The highest BCUT2D eigenvalue weighted by Crippen LogP contribution is 2.11. The maximum Gasteiger partial charge on any atom is 0.237 e. The van der Waals surface area contributed by atoms with Crippen LogP contribution in [-0.2, 0) is 17.9 Å². The number of amides is 1. The zero-order valence-electron chi connectivity index (χ0n) is 14.6. The molecule has 24 heavy (non-hydrogen) atoms. The fourth-order valence-electron chi connectivity index (χ4n) is 2.70. The summed E-state index contributed by atoms with van der Waals surface area (Å²) in [6, 6.07) is 14.6. The Morgan fingerprint density at radius 2 is 1.83 bits per heavy atom. The van der Waals surface area contributed by atoms with Crippen molar-refractivity contribution in [3.05, 3.63) is 71.0 Å². The smallest absolute Gasteiger partial charge is 0.237 e. The number of hydrogen-bond acceptors (Lipinski definition) is 2. The van der Waals surface area contributed by atoms with Crippen LogP contribution in [0, 0.1) is 12.7 Å². The van der Waals surface area contributed by atoms with Crippen molar-refractivity contribution in [2.24, 2.45) is 0 Å². The summed E-state index contributed by atoms with van der Waals surface area (Å²) in [5.41, 5.74) is 3.26. The number of benzene rings is 2. The number of nitrogens with zero attached hydrogens (tertiary/aromatic N) is 2. The van der Waals surface area contributed by atoms with E-state index in [4.69, 9.17) is 0 Å². The van der Waals surface area contributed by atoms with Gasteiger partial charge in [0.25, 0.3) is 0 Å². The molecular weight excluding hydrogens is 303 g/mol. The van der Waals surface area contributed by atoms with E-state index >= 15 is 0 Å². The minimum absolute atomic E-state index is 0.0536. The van der Waals surface area contributed by atoms with E-state index in [-0.39, 0.29) is 11.7 Å². The summed E-state index contributed by atoms with van der Waals surface area (Å²) in [7, 11) is 1.94. The maximum absolute atomic E-state index is 13.3. The minimum atomic E-state index is -0.271. The van der Waals surface area contributed by atoms with Crippen molar-refractivity contribution in [1.29, 1.82) is 0 Å². The number of halogens is 1. The number of carbonyl (C=O) groups is 1. The number of likely N-dealkylation sites (N-methyl/N-ethyl adjacent to an activating group) is 2. The topological polar surface area (TPSA) is 23.6 Å². The first-order chi connectivity index (χ1) is 11.5. The van der Waals surface area contributed by atoms with E-state index in [9.17, 15) is 9.18 Å². The lowest BCUT2D eigenvalue weighted by Crippen LogP contribution is -2.38. The Labute approximate surface area is 143 Å². The molecule has 0 heterocycles. The summed E-state index contributed by atoms with van der Waals surface area (Å²) in [6.45, 7) is 6.14. The molecule has 0 unspecified atom stereocenters. The number of carbonyl (C=O) groups excluding carboxylic acids is 1. The fraction of sp³-hybridized carbons (Fsp3) is 0.350. The van der Waals surface area contributed by atoms with E-state index in [2.05, 4.69) is 19.1 Å². The van der Waals surface area contributed by atoms with Crippen LogP contribution in [0.5, 0.6) is 0 Å². The molecule has 0 saturated heterocycles. The van der Waals surface area contributed by atoms with Crippen LogP contribution < -0.4 is 0 Å². The largest absolute Gasteiger partial charge is 0.338 e. The monoisotopic (exact) mass is 328 g/mol. The lowest BCUT2D eigenvalue weighted by Gasteiger charge is -2.25. The Balaban J connectivity index is 1.94. The molecule has 0 atom stereocenters. The van der Waals surface area contributed by atoms with Gasteiger partial charge in [0.05, 0.1) is 6.54 Å². The second-order valence-corrected chi connectivity index (χ2v) is 6.14. The van der Waals surface area contributed by atoms with Gasteiger partial charge in [0, 0.05) is 19.6 Å². The molecule has 2 aromatic carbocycles. The predicted octanol–water partition coefficient (Wildman–Crippen LogP) is 3.61. The van der Waals surface area contributed by atoms with Crippen molar-refractivity contribution in [2.75, 3.05) is 20.1 Å². The third kappa shape index (κ3) is 5.17. The molecule has 0 bridgehead atoms. The van der Waals surface area contributed by atoms with Crippen LogP contribution in [0.3, 0.4) is 0 Å². The first kappa shape index (κ1) is 18.1. The van der Waals surface area contributed by atoms with Gasteiger partial charge >= 0.3 is 0 Å². The summed E-state index contributed by atoms with van der Waals surface area (Å²) in [6.07, 6.45) is 0. The highest BCUT2D eigenvalue weighted by molar-refractivity contribution is 5.78. The fourth-order valence-corrected chi connectivity index (χ4v) is 2.70. The van der Waals surface area contributed by atoms with Crippen molar-refractivity contribution in [1.82, 2.24) is 9.80 Å². The molecule has 2 rings (SSSR count). The Morgan fingerprint density at radius 3 is 2.50 bits per heavy atom. The molecule has 0 spiro atoms. The summed E-state index contributed by atoms with van der Waals surface area (Å²) in [4.78, 5) is 16.3. The molecule has 0 fully saturated rings. The van der Waals surface area contributed by atoms with E-state index in [0.717, 1.165) is 12.1 Å². The molecule has 4 heteroatoms. The Morgan fingerprint density at radius 1 is 1.08 bits per heavy atom. The van der Waals surface area contributed by atoms with E-state index in [1.54, 1.807) is 11.0 Å². The van der Waals surface area contributed by atoms with Crippen LogP contribution in [0.25, 0.3) is 0 Å². The van der Waals surface area contributed by atoms with Crippen molar-refractivity contribution >= 4 is 5.91 Å². The number of rotatable bonds is 7. The maximum atomic E-state index is 13.3. The molecule has 0 aliphatic rings. The van der Waals surface area contributed by atoms with Gasteiger partial charge in [0.2, 0.25) is 5.91 Å². The number of aryl methyl sites for hydroxylation is 1. The molecule has 1 amide bonds. The second-order valence-electron chi connectivity index (χ2n) is 6.14. The van der Waals surface area contributed by atoms with Gasteiger partial charge in [-0.05, 0) is 49.7 Å². The first-order valence-corrected chi connectivity index (χ1v) is 8.25. The normalized spacial score (nSPS) is 10.9. The molecule has 128 valence electrons. The number of hydrogen-bond donors (Lipinski definition) is 0. The average molecular weight is 328 g/mol. The highest BCUT2D eigenvalue weighted by Gasteiger charge is 2.15. The van der Waals surface area contributed by atoms with Gasteiger partial charge in [-0.15, -0.1) is 0 Å². The molecule has 0 radical (unpaired) electrons. The van der Waals surface area contributed by atoms with E-state index < -0.39 is 0 Å². The average Bonchev–Trinajstić information content (AvgIpc) is 2.54. The molecule has 0 N–H and O–H groups in total. The summed E-state index contributed by atoms with van der Waals surface area (Å²) < 4.78 is 13.3. The van der Waals surface area contributed by atoms with E-state index in [1.165, 1.54) is 23.3 Å². The van der Waals surface area contributed by atoms with Crippen LogP contribution >= 0.6 is 0 Å². The molecule has 2 aromatic rings. The molecule has 0 aliphatic heterocycles. The van der Waals surface area contributed by atoms with Crippen molar-refractivity contribution in [3.63, 3.8) is 0 Å². The van der Waals surface area contributed by atoms with Gasteiger partial charge in [0.1, 0.15) is 5.82 Å². The predicted molar refractivity (Wildman–Crippen MR) is 95.0 cm³/mol. The Bertz CT molecular complexity index is 687. The van der Waals surface area contributed by atoms with E-state index in [1.807, 2.05) is 37.1 Å². The molecular formula is C20H25FN2O. The molecule has 0 aromatic heterocycles. The quantitative estimate of drug-likeness (QED) is 0.775. The van der Waals surface area contributed by atoms with Crippen LogP contribution in [0.15, 0.2) is 48.5 Å². The third-order valence-corrected chi connectivity index (χ3v) is 4.10. The second kappa shape index (κ2) is 8.60. The van der Waals surface area contributed by atoms with Gasteiger partial charge in [-0.25, -0.2) is 4.39 Å².